The summed E-state index contributed by atoms with van der Waals surface area (Å²) in [7, 11) is 0. The zero-order valence-corrected chi connectivity index (χ0v) is 27.8. The van der Waals surface area contributed by atoms with Crippen molar-refractivity contribution >= 4 is 35.1 Å². The number of fused-ring (bicyclic) bond motifs is 1. The van der Waals surface area contributed by atoms with Crippen LogP contribution in [0.4, 0.5) is 21.5 Å². The number of amides is 2. The molecule has 1 unspecified atom stereocenters. The Kier molecular flexibility index (Phi) is 10.1. The highest BCUT2D eigenvalue weighted by Crippen LogP contribution is 2.27. The van der Waals surface area contributed by atoms with E-state index in [0.29, 0.717) is 28.9 Å². The molecule has 3 heterocycles. The molecule has 3 aromatic heterocycles. The van der Waals surface area contributed by atoms with Crippen molar-refractivity contribution in [2.24, 2.45) is 0 Å². The highest BCUT2D eigenvalue weighted by molar-refractivity contribution is 5.89. The van der Waals surface area contributed by atoms with E-state index in [1.54, 1.807) is 18.5 Å². The Hall–Kier alpha value is -5.01. The van der Waals surface area contributed by atoms with Crippen LogP contribution in [-0.4, -0.2) is 72.2 Å². The molecular formula is C33H44N10O4. The van der Waals surface area contributed by atoms with Crippen molar-refractivity contribution in [3.05, 3.63) is 54.4 Å². The van der Waals surface area contributed by atoms with Gasteiger partial charge in [0.05, 0.1) is 17.1 Å². The molecule has 14 nitrogen and oxygen atoms in total. The normalized spacial score (nSPS) is 17.4. The van der Waals surface area contributed by atoms with Gasteiger partial charge in [-0.1, -0.05) is 30.3 Å². The molecule has 0 aliphatic heterocycles. The quantitative estimate of drug-likeness (QED) is 0.150. The van der Waals surface area contributed by atoms with E-state index in [1.165, 1.54) is 0 Å². The molecule has 2 amide bonds. The van der Waals surface area contributed by atoms with Crippen LogP contribution in [0.25, 0.3) is 22.4 Å². The molecule has 0 saturated heterocycles. The van der Waals surface area contributed by atoms with Crippen molar-refractivity contribution in [1.29, 1.82) is 0 Å². The summed E-state index contributed by atoms with van der Waals surface area (Å²) in [6, 6.07) is 11.4. The summed E-state index contributed by atoms with van der Waals surface area (Å²) in [6.45, 7) is 11.3. The zero-order valence-electron chi connectivity index (χ0n) is 27.8. The van der Waals surface area contributed by atoms with Gasteiger partial charge in [0.25, 0.3) is 0 Å². The van der Waals surface area contributed by atoms with Gasteiger partial charge in [0.2, 0.25) is 11.9 Å². The van der Waals surface area contributed by atoms with Crippen LogP contribution < -0.4 is 21.3 Å². The lowest BCUT2D eigenvalue weighted by molar-refractivity contribution is 0.0488. The van der Waals surface area contributed by atoms with Gasteiger partial charge in [-0.25, -0.2) is 24.5 Å². The molecule has 47 heavy (non-hydrogen) atoms. The van der Waals surface area contributed by atoms with Crippen LogP contribution in [-0.2, 0) is 9.47 Å². The Morgan fingerprint density at radius 2 is 1.55 bits per heavy atom. The Morgan fingerprint density at radius 1 is 0.872 bits per heavy atom. The summed E-state index contributed by atoms with van der Waals surface area (Å²) < 4.78 is 10.8. The van der Waals surface area contributed by atoms with E-state index < -0.39 is 17.3 Å². The maximum atomic E-state index is 12.4. The van der Waals surface area contributed by atoms with E-state index in [0.717, 1.165) is 36.6 Å². The lowest BCUT2D eigenvalue weighted by atomic mass is 9.91. The van der Waals surface area contributed by atoms with Gasteiger partial charge in [-0.05, 0) is 78.9 Å². The standard InChI is InChI=1S/C33H44N10O4/c1-32(2,3)46-30(44)36-19-25(20-10-8-7-9-11-20)40-28-34-17-16-24(39-28)26-23-18-35-29(41-27(23)43-42-26)37-21-12-14-22(15-13-21)38-31(45)47-33(4,5)6/h7-11,16-18,21-22,25H,12-15,19H2,1-6H3,(H,36,44)(H,38,45)(H,34,39,40)(H2,35,37,41,42,43)/t21-,22-,25?. The smallest absolute Gasteiger partial charge is 0.407 e. The molecule has 0 bridgehead atoms. The minimum absolute atomic E-state index is 0.0814. The van der Waals surface area contributed by atoms with E-state index >= 15 is 0 Å². The number of hydrogen-bond donors (Lipinski definition) is 5. The average molecular weight is 645 g/mol. The van der Waals surface area contributed by atoms with Crippen LogP contribution in [0.5, 0.6) is 0 Å². The summed E-state index contributed by atoms with van der Waals surface area (Å²) in [4.78, 5) is 42.9. The number of aromatic nitrogens is 6. The molecule has 1 aliphatic carbocycles. The van der Waals surface area contributed by atoms with Crippen LogP contribution in [0.3, 0.4) is 0 Å². The van der Waals surface area contributed by atoms with Crippen molar-refractivity contribution < 1.29 is 19.1 Å². The topological polar surface area (TPSA) is 181 Å². The van der Waals surface area contributed by atoms with Gasteiger partial charge >= 0.3 is 12.2 Å². The Morgan fingerprint density at radius 3 is 2.26 bits per heavy atom. The molecule has 1 saturated carbocycles. The van der Waals surface area contributed by atoms with Gasteiger partial charge in [-0.2, -0.15) is 10.1 Å². The fourth-order valence-electron chi connectivity index (χ4n) is 5.27. The zero-order chi connectivity index (χ0) is 33.6. The molecule has 1 aromatic carbocycles. The van der Waals surface area contributed by atoms with Crippen LogP contribution in [0.1, 0.15) is 78.8 Å². The number of nitrogens with zero attached hydrogens (tertiary/aromatic N) is 5. The molecular weight excluding hydrogens is 600 g/mol. The number of H-pyrrole nitrogens is 1. The molecule has 4 aromatic rings. The van der Waals surface area contributed by atoms with Gasteiger partial charge in [-0.3, -0.25) is 5.10 Å². The van der Waals surface area contributed by atoms with Gasteiger partial charge in [0, 0.05) is 31.0 Å². The molecule has 5 N–H and O–H groups in total. The van der Waals surface area contributed by atoms with E-state index in [2.05, 4.69) is 46.4 Å². The first-order valence-electron chi connectivity index (χ1n) is 15.9. The SMILES string of the molecule is CC(C)(C)OC(=O)NCC(Nc1nccc(-c2n[nH]c3nc(N[C@H]4CC[C@H](NC(=O)OC(C)(C)C)CC4)ncc23)n1)c1ccccc1. The molecule has 1 atom stereocenters. The maximum absolute atomic E-state index is 12.4. The summed E-state index contributed by atoms with van der Waals surface area (Å²) in [6.07, 6.45) is 5.89. The number of aromatic amines is 1. The first kappa shape index (κ1) is 33.4. The third-order valence-electron chi connectivity index (χ3n) is 7.35. The van der Waals surface area contributed by atoms with Crippen molar-refractivity contribution in [2.75, 3.05) is 17.2 Å². The molecule has 0 spiro atoms. The maximum Gasteiger partial charge on any atom is 0.407 e. The van der Waals surface area contributed by atoms with Crippen LogP contribution >= 0.6 is 0 Å². The average Bonchev–Trinajstić information content (AvgIpc) is 3.42. The van der Waals surface area contributed by atoms with Crippen molar-refractivity contribution in [3.8, 4) is 11.4 Å². The summed E-state index contributed by atoms with van der Waals surface area (Å²) in [5, 5.41) is 20.8. The highest BCUT2D eigenvalue weighted by atomic mass is 16.6. The van der Waals surface area contributed by atoms with Gasteiger partial charge in [0.1, 0.15) is 16.9 Å². The Bertz CT molecular complexity index is 1660. The number of carbonyl (C=O) groups is 2. The highest BCUT2D eigenvalue weighted by Gasteiger charge is 2.26. The number of alkyl carbamates (subject to hydrolysis) is 2. The summed E-state index contributed by atoms with van der Waals surface area (Å²) >= 11 is 0. The van der Waals surface area contributed by atoms with E-state index in [4.69, 9.17) is 14.5 Å². The Labute approximate surface area is 274 Å². The molecule has 5 rings (SSSR count). The predicted octanol–water partition coefficient (Wildman–Crippen LogP) is 5.74. The third-order valence-corrected chi connectivity index (χ3v) is 7.35. The number of nitrogens with one attached hydrogen (secondary N) is 5. The van der Waals surface area contributed by atoms with Crippen molar-refractivity contribution in [1.82, 2.24) is 40.8 Å². The predicted molar refractivity (Wildman–Crippen MR) is 179 cm³/mol. The number of ether oxygens (including phenoxy) is 2. The molecule has 14 heteroatoms. The van der Waals surface area contributed by atoms with Gasteiger partial charge in [-0.15, -0.1) is 0 Å². The van der Waals surface area contributed by atoms with E-state index in [9.17, 15) is 9.59 Å². The second kappa shape index (κ2) is 14.2. The van der Waals surface area contributed by atoms with Gasteiger partial charge in [0.15, 0.2) is 5.65 Å². The number of rotatable bonds is 9. The fraction of sp³-hybridized carbons (Fsp3) is 0.485. The summed E-state index contributed by atoms with van der Waals surface area (Å²) in [5.74, 6) is 0.874. The van der Waals surface area contributed by atoms with Gasteiger partial charge < -0.3 is 30.7 Å². The summed E-state index contributed by atoms with van der Waals surface area (Å²) in [5.41, 5.74) is 1.57. The number of carbonyl (C=O) groups excluding carboxylic acids is 2. The lowest BCUT2D eigenvalue weighted by Gasteiger charge is -2.30. The number of anilines is 2. The Balaban J connectivity index is 1.22. The molecule has 0 radical (unpaired) electrons. The minimum Gasteiger partial charge on any atom is -0.444 e. The van der Waals surface area contributed by atoms with E-state index in [1.807, 2.05) is 71.9 Å². The second-order valence-electron chi connectivity index (χ2n) is 13.6. The number of hydrogen-bond acceptors (Lipinski definition) is 11. The van der Waals surface area contributed by atoms with Crippen LogP contribution in [0.2, 0.25) is 0 Å². The first-order chi connectivity index (χ1) is 22.3. The largest absolute Gasteiger partial charge is 0.444 e. The van der Waals surface area contributed by atoms with Crippen LogP contribution in [0, 0.1) is 0 Å². The fourth-order valence-corrected chi connectivity index (χ4v) is 5.27. The van der Waals surface area contributed by atoms with Crippen molar-refractivity contribution in [2.45, 2.75) is 96.6 Å². The number of benzene rings is 1. The molecule has 1 aliphatic rings. The molecule has 250 valence electrons. The monoisotopic (exact) mass is 644 g/mol. The van der Waals surface area contributed by atoms with Crippen molar-refractivity contribution in [3.63, 3.8) is 0 Å². The second-order valence-corrected chi connectivity index (χ2v) is 13.6. The van der Waals surface area contributed by atoms with Crippen LogP contribution in [0.15, 0.2) is 48.8 Å². The lowest BCUT2D eigenvalue weighted by Crippen LogP contribution is -2.42. The first-order valence-corrected chi connectivity index (χ1v) is 15.9. The van der Waals surface area contributed by atoms with E-state index in [-0.39, 0.29) is 30.8 Å². The molecule has 1 fully saturated rings. The minimum atomic E-state index is -0.605. The third kappa shape index (κ3) is 9.74.